The van der Waals surface area contributed by atoms with Gasteiger partial charge in [-0.05, 0) is 44.2 Å². The van der Waals surface area contributed by atoms with E-state index in [0.717, 1.165) is 22.4 Å². The van der Waals surface area contributed by atoms with Crippen molar-refractivity contribution in [1.82, 2.24) is 15.1 Å². The number of halogens is 1. The van der Waals surface area contributed by atoms with E-state index in [1.165, 1.54) is 11.8 Å². The minimum absolute atomic E-state index is 0.00446. The van der Waals surface area contributed by atoms with Gasteiger partial charge in [-0.2, -0.15) is 0 Å². The van der Waals surface area contributed by atoms with Crippen molar-refractivity contribution >= 4 is 40.2 Å². The number of fused-ring (bicyclic) bond motifs is 1. The van der Waals surface area contributed by atoms with Gasteiger partial charge in [0.1, 0.15) is 28.3 Å². The van der Waals surface area contributed by atoms with E-state index in [1.807, 2.05) is 32.0 Å². The van der Waals surface area contributed by atoms with Gasteiger partial charge in [0, 0.05) is 34.5 Å². The molecule has 4 aromatic rings. The van der Waals surface area contributed by atoms with Crippen LogP contribution in [0.15, 0.2) is 52.1 Å². The maximum atomic E-state index is 12.8. The molecule has 0 aliphatic heterocycles. The third-order valence-electron chi connectivity index (χ3n) is 4.94. The van der Waals surface area contributed by atoms with Crippen LogP contribution in [0.1, 0.15) is 32.9 Å². The Morgan fingerprint density at radius 3 is 2.81 bits per heavy atom. The number of ether oxygens (including phenoxy) is 2. The lowest BCUT2D eigenvalue weighted by molar-refractivity contribution is 0.0467. The van der Waals surface area contributed by atoms with Gasteiger partial charge >= 0.3 is 5.97 Å². The van der Waals surface area contributed by atoms with Crippen molar-refractivity contribution < 1.29 is 18.8 Å². The molecule has 0 saturated heterocycles. The minimum atomic E-state index is -0.481. The molecule has 1 aromatic carbocycles. The van der Waals surface area contributed by atoms with Gasteiger partial charge in [-0.25, -0.2) is 14.8 Å². The fourth-order valence-corrected chi connectivity index (χ4v) is 4.46. The molecule has 0 radical (unpaired) electrons. The Morgan fingerprint density at radius 1 is 1.22 bits per heavy atom. The molecule has 3 heterocycles. The summed E-state index contributed by atoms with van der Waals surface area (Å²) in [4.78, 5) is 21.5. The van der Waals surface area contributed by atoms with E-state index in [-0.39, 0.29) is 11.8 Å². The lowest BCUT2D eigenvalue weighted by Crippen LogP contribution is -2.08. The van der Waals surface area contributed by atoms with Crippen LogP contribution in [0.2, 0.25) is 5.15 Å². The summed E-state index contributed by atoms with van der Waals surface area (Å²) in [5.74, 6) is 1.55. The first-order valence-corrected chi connectivity index (χ1v) is 11.1. The fraction of sp³-hybridized carbons (Fsp3) is 0.217. The van der Waals surface area contributed by atoms with Crippen LogP contribution in [0.25, 0.3) is 10.9 Å². The average Bonchev–Trinajstić information content (AvgIpc) is 3.12. The summed E-state index contributed by atoms with van der Waals surface area (Å²) in [5.41, 5.74) is 3.52. The molecule has 0 spiro atoms. The number of aryl methyl sites for hydroxylation is 2. The molecule has 3 aromatic heterocycles. The summed E-state index contributed by atoms with van der Waals surface area (Å²) in [5, 5.41) is 5.69. The molecule has 9 heteroatoms. The summed E-state index contributed by atoms with van der Waals surface area (Å²) in [7, 11) is 1.59. The van der Waals surface area contributed by atoms with Crippen molar-refractivity contribution in [2.75, 3.05) is 7.11 Å². The first kappa shape index (κ1) is 22.1. The van der Waals surface area contributed by atoms with E-state index in [1.54, 1.807) is 31.5 Å². The molecule has 0 aliphatic rings. The highest BCUT2D eigenvalue weighted by molar-refractivity contribution is 7.98. The number of nitrogens with zero attached hydrogens (tertiary/aromatic N) is 3. The number of pyridine rings is 2. The highest BCUT2D eigenvalue weighted by atomic mass is 35.5. The molecule has 0 fully saturated rings. The van der Waals surface area contributed by atoms with E-state index in [2.05, 4.69) is 15.1 Å². The van der Waals surface area contributed by atoms with E-state index < -0.39 is 5.97 Å². The maximum absolute atomic E-state index is 12.8. The van der Waals surface area contributed by atoms with E-state index in [4.69, 9.17) is 25.6 Å². The van der Waals surface area contributed by atoms with E-state index in [9.17, 15) is 4.79 Å². The molecule has 32 heavy (non-hydrogen) atoms. The Bertz CT molecular complexity index is 1270. The Kier molecular flexibility index (Phi) is 6.62. The molecule has 0 saturated carbocycles. The van der Waals surface area contributed by atoms with Crippen molar-refractivity contribution in [3.8, 4) is 5.75 Å². The topological polar surface area (TPSA) is 87.3 Å². The fourth-order valence-electron chi connectivity index (χ4n) is 3.13. The van der Waals surface area contributed by atoms with Crippen LogP contribution in [0, 0.1) is 13.8 Å². The Labute approximate surface area is 194 Å². The smallest absolute Gasteiger partial charge is 0.341 e. The van der Waals surface area contributed by atoms with Crippen LogP contribution < -0.4 is 4.74 Å². The van der Waals surface area contributed by atoms with Gasteiger partial charge in [0.2, 0.25) is 0 Å². The Morgan fingerprint density at radius 2 is 2.06 bits per heavy atom. The standard InChI is InChI=1S/C23H20ClN3O4S/c1-13-19(14(2)31-27-13)12-32-22-18(5-4-8-25-22)23(28)30-11-16-9-15-6-7-17(29-3)10-20(15)26-21(16)24/h4-10H,11-12H2,1-3H3. The molecule has 0 aliphatic carbocycles. The number of carbonyl (C=O) groups excluding carboxylic acids is 1. The zero-order valence-corrected chi connectivity index (χ0v) is 19.3. The van der Waals surface area contributed by atoms with E-state index >= 15 is 0 Å². The number of aromatic nitrogens is 3. The van der Waals surface area contributed by atoms with Gasteiger partial charge in [-0.15, -0.1) is 11.8 Å². The second-order valence-corrected chi connectivity index (χ2v) is 8.34. The van der Waals surface area contributed by atoms with Gasteiger partial charge in [0.15, 0.2) is 0 Å². The summed E-state index contributed by atoms with van der Waals surface area (Å²) in [6.45, 7) is 3.74. The Hall–Kier alpha value is -3.10. The lowest BCUT2D eigenvalue weighted by Gasteiger charge is -2.10. The van der Waals surface area contributed by atoms with Gasteiger partial charge in [0.05, 0.1) is 23.9 Å². The predicted octanol–water partition coefficient (Wildman–Crippen LogP) is 5.55. The first-order chi connectivity index (χ1) is 15.5. The van der Waals surface area contributed by atoms with Crippen LogP contribution in [-0.4, -0.2) is 28.2 Å². The summed E-state index contributed by atoms with van der Waals surface area (Å²) < 4.78 is 16.0. The average molecular weight is 470 g/mol. The number of carbonyl (C=O) groups is 1. The van der Waals surface area contributed by atoms with Gasteiger partial charge in [0.25, 0.3) is 0 Å². The van der Waals surface area contributed by atoms with Crippen LogP contribution in [0.4, 0.5) is 0 Å². The largest absolute Gasteiger partial charge is 0.497 e. The maximum Gasteiger partial charge on any atom is 0.341 e. The van der Waals surface area contributed by atoms with Crippen molar-refractivity contribution in [2.24, 2.45) is 0 Å². The van der Waals surface area contributed by atoms with Crippen LogP contribution in [0.5, 0.6) is 5.75 Å². The SMILES string of the molecule is COc1ccc2cc(COC(=O)c3cccnc3SCc3c(C)noc3C)c(Cl)nc2c1. The van der Waals surface area contributed by atoms with Gasteiger partial charge in [-0.1, -0.05) is 16.8 Å². The molecular formula is C23H20ClN3O4S. The minimum Gasteiger partial charge on any atom is -0.497 e. The molecular weight excluding hydrogens is 450 g/mol. The van der Waals surface area contributed by atoms with Gasteiger partial charge in [-0.3, -0.25) is 0 Å². The monoisotopic (exact) mass is 469 g/mol. The molecule has 0 N–H and O–H groups in total. The Balaban J connectivity index is 1.48. The zero-order chi connectivity index (χ0) is 22.7. The number of benzene rings is 1. The van der Waals surface area contributed by atoms with Crippen molar-refractivity contribution in [1.29, 1.82) is 0 Å². The highest BCUT2D eigenvalue weighted by Gasteiger charge is 2.17. The molecule has 0 amide bonds. The second-order valence-electron chi connectivity index (χ2n) is 7.02. The third-order valence-corrected chi connectivity index (χ3v) is 6.29. The quantitative estimate of drug-likeness (QED) is 0.198. The van der Waals surface area contributed by atoms with Crippen molar-refractivity contribution in [3.63, 3.8) is 0 Å². The summed E-state index contributed by atoms with van der Waals surface area (Å²) >= 11 is 7.75. The number of hydrogen-bond acceptors (Lipinski definition) is 8. The zero-order valence-electron chi connectivity index (χ0n) is 17.7. The number of rotatable bonds is 7. The van der Waals surface area contributed by atoms with Gasteiger partial charge < -0.3 is 14.0 Å². The highest BCUT2D eigenvalue weighted by Crippen LogP contribution is 2.28. The van der Waals surface area contributed by atoms with Crippen LogP contribution in [0.3, 0.4) is 0 Å². The lowest BCUT2D eigenvalue weighted by atomic mass is 10.1. The summed E-state index contributed by atoms with van der Waals surface area (Å²) in [6.07, 6.45) is 1.64. The number of hydrogen-bond donors (Lipinski definition) is 0. The van der Waals surface area contributed by atoms with Crippen LogP contribution in [-0.2, 0) is 17.1 Å². The molecule has 0 unspecified atom stereocenters. The van der Waals surface area contributed by atoms with E-state index in [0.29, 0.717) is 33.2 Å². The number of methoxy groups -OCH3 is 1. The molecule has 7 nitrogen and oxygen atoms in total. The molecule has 0 bridgehead atoms. The number of esters is 1. The molecule has 0 atom stereocenters. The summed E-state index contributed by atoms with van der Waals surface area (Å²) in [6, 6.07) is 10.8. The van der Waals surface area contributed by atoms with Crippen molar-refractivity contribution in [2.45, 2.75) is 31.2 Å². The van der Waals surface area contributed by atoms with Crippen LogP contribution >= 0.6 is 23.4 Å². The second kappa shape index (κ2) is 9.58. The number of thioether (sulfide) groups is 1. The third kappa shape index (κ3) is 4.71. The molecule has 4 rings (SSSR count). The predicted molar refractivity (Wildman–Crippen MR) is 122 cm³/mol. The van der Waals surface area contributed by atoms with Crippen molar-refractivity contribution in [3.05, 3.63) is 75.9 Å². The first-order valence-electron chi connectivity index (χ1n) is 9.76. The molecule has 164 valence electrons. The normalized spacial score (nSPS) is 11.0.